The Morgan fingerprint density at radius 1 is 1.00 bits per heavy atom. The molecule has 1 amide bonds. The van der Waals surface area contributed by atoms with Crippen molar-refractivity contribution in [1.29, 1.82) is 0 Å². The average molecular weight is 395 g/mol. The first-order chi connectivity index (χ1) is 10.5. The van der Waals surface area contributed by atoms with Gasteiger partial charge in [-0.05, 0) is 35.9 Å². The van der Waals surface area contributed by atoms with Crippen LogP contribution in [0.1, 0.15) is 5.56 Å². The number of nitrogens with one attached hydrogen (secondary N) is 1. The average Bonchev–Trinajstić information content (AvgIpc) is 2.46. The molecule has 1 N–H and O–H groups in total. The quantitative estimate of drug-likeness (QED) is 0.656. The lowest BCUT2D eigenvalue weighted by Crippen LogP contribution is -2.14. The van der Waals surface area contributed by atoms with Crippen molar-refractivity contribution in [1.82, 2.24) is 0 Å². The molecule has 0 spiro atoms. The highest BCUT2D eigenvalue weighted by Crippen LogP contribution is 2.29. The van der Waals surface area contributed by atoms with E-state index in [0.29, 0.717) is 31.5 Å². The monoisotopic (exact) mass is 393 g/mol. The second-order valence-corrected chi connectivity index (χ2v) is 7.01. The smallest absolute Gasteiger partial charge is 0.234 e. The summed E-state index contributed by atoms with van der Waals surface area (Å²) in [6, 6.07) is 10.2. The summed E-state index contributed by atoms with van der Waals surface area (Å²) in [6.45, 7) is 0. The van der Waals surface area contributed by atoms with Crippen LogP contribution in [-0.4, -0.2) is 11.7 Å². The van der Waals surface area contributed by atoms with Crippen molar-refractivity contribution in [2.24, 2.45) is 0 Å². The maximum absolute atomic E-state index is 11.9. The second-order valence-electron chi connectivity index (χ2n) is 4.37. The standard InChI is InChI=1S/C15H11Cl4NOS/c16-9-4-5-13(19)14(6-9)20-15(21)8-22-7-10-11(17)2-1-3-12(10)18/h1-6H,7-8H2,(H,20,21). The molecule has 2 nitrogen and oxygen atoms in total. The molecule has 0 aliphatic rings. The molecule has 0 fully saturated rings. The largest absolute Gasteiger partial charge is 0.324 e. The van der Waals surface area contributed by atoms with Crippen molar-refractivity contribution in [3.63, 3.8) is 0 Å². The number of anilines is 1. The molecule has 0 saturated heterocycles. The van der Waals surface area contributed by atoms with Crippen LogP contribution in [0.5, 0.6) is 0 Å². The molecule has 0 heterocycles. The molecule has 0 radical (unpaired) electrons. The Morgan fingerprint density at radius 3 is 2.36 bits per heavy atom. The van der Waals surface area contributed by atoms with Crippen LogP contribution < -0.4 is 5.32 Å². The van der Waals surface area contributed by atoms with Crippen LogP contribution in [0.3, 0.4) is 0 Å². The molecule has 0 aromatic heterocycles. The highest BCUT2D eigenvalue weighted by atomic mass is 35.5. The third-order valence-electron chi connectivity index (χ3n) is 2.74. The fourth-order valence-corrected chi connectivity index (χ4v) is 3.60. The van der Waals surface area contributed by atoms with Gasteiger partial charge in [-0.15, -0.1) is 11.8 Å². The zero-order valence-electron chi connectivity index (χ0n) is 11.2. The van der Waals surface area contributed by atoms with Gasteiger partial charge in [0.2, 0.25) is 5.91 Å². The first-order valence-corrected chi connectivity index (χ1v) is 8.89. The van der Waals surface area contributed by atoms with Crippen molar-refractivity contribution in [2.45, 2.75) is 5.75 Å². The van der Waals surface area contributed by atoms with Crippen LogP contribution in [0, 0.1) is 0 Å². The summed E-state index contributed by atoms with van der Waals surface area (Å²) >= 11 is 25.5. The Balaban J connectivity index is 1.89. The zero-order valence-corrected chi connectivity index (χ0v) is 15.0. The Bertz CT molecular complexity index is 673. The van der Waals surface area contributed by atoms with Gasteiger partial charge in [-0.2, -0.15) is 0 Å². The van der Waals surface area contributed by atoms with Crippen molar-refractivity contribution < 1.29 is 4.79 Å². The highest BCUT2D eigenvalue weighted by molar-refractivity contribution is 7.99. The van der Waals surface area contributed by atoms with E-state index in [0.717, 1.165) is 5.56 Å². The number of benzene rings is 2. The number of hydrogen-bond donors (Lipinski definition) is 1. The lowest BCUT2D eigenvalue weighted by atomic mass is 10.2. The molecular weight excluding hydrogens is 384 g/mol. The van der Waals surface area contributed by atoms with Crippen molar-refractivity contribution >= 4 is 69.8 Å². The minimum atomic E-state index is -0.169. The molecule has 0 atom stereocenters. The van der Waals surface area contributed by atoms with Gasteiger partial charge < -0.3 is 5.32 Å². The molecule has 116 valence electrons. The van der Waals surface area contributed by atoms with E-state index in [1.807, 2.05) is 0 Å². The van der Waals surface area contributed by atoms with E-state index in [-0.39, 0.29) is 11.7 Å². The maximum Gasteiger partial charge on any atom is 0.234 e. The summed E-state index contributed by atoms with van der Waals surface area (Å²) in [5.41, 5.74) is 1.32. The van der Waals surface area contributed by atoms with Gasteiger partial charge in [-0.25, -0.2) is 0 Å². The van der Waals surface area contributed by atoms with Gasteiger partial charge in [-0.3, -0.25) is 4.79 Å². The zero-order chi connectivity index (χ0) is 16.1. The number of halogens is 4. The summed E-state index contributed by atoms with van der Waals surface area (Å²) in [6.07, 6.45) is 0. The van der Waals surface area contributed by atoms with Gasteiger partial charge in [0.1, 0.15) is 0 Å². The molecule has 2 aromatic rings. The molecular formula is C15H11Cl4NOS. The molecule has 22 heavy (non-hydrogen) atoms. The lowest BCUT2D eigenvalue weighted by Gasteiger charge is -2.09. The van der Waals surface area contributed by atoms with Crippen LogP contribution in [0.15, 0.2) is 36.4 Å². The number of rotatable bonds is 5. The molecule has 0 saturated carbocycles. The van der Waals surface area contributed by atoms with Gasteiger partial charge in [-0.1, -0.05) is 52.5 Å². The summed E-state index contributed by atoms with van der Waals surface area (Å²) in [7, 11) is 0. The summed E-state index contributed by atoms with van der Waals surface area (Å²) in [5.74, 6) is 0.636. The normalized spacial score (nSPS) is 10.5. The van der Waals surface area contributed by atoms with Gasteiger partial charge >= 0.3 is 0 Å². The van der Waals surface area contributed by atoms with Crippen LogP contribution in [-0.2, 0) is 10.5 Å². The van der Waals surface area contributed by atoms with Gasteiger partial charge in [0.05, 0.1) is 16.5 Å². The SMILES string of the molecule is O=C(CSCc1c(Cl)cccc1Cl)Nc1cc(Cl)ccc1Cl. The molecule has 2 rings (SSSR count). The summed E-state index contributed by atoms with van der Waals surface area (Å²) < 4.78 is 0. The fourth-order valence-electron chi connectivity index (χ4n) is 1.70. The topological polar surface area (TPSA) is 29.1 Å². The molecule has 0 bridgehead atoms. The predicted octanol–water partition coefficient (Wildman–Crippen LogP) is 6.17. The highest BCUT2D eigenvalue weighted by Gasteiger charge is 2.09. The van der Waals surface area contributed by atoms with Crippen LogP contribution in [0.4, 0.5) is 5.69 Å². The van der Waals surface area contributed by atoms with Gasteiger partial charge in [0.15, 0.2) is 0 Å². The molecule has 0 aliphatic heterocycles. The third-order valence-corrected chi connectivity index (χ3v) is 4.98. The van der Waals surface area contributed by atoms with E-state index in [1.165, 1.54) is 11.8 Å². The molecule has 7 heteroatoms. The van der Waals surface area contributed by atoms with E-state index < -0.39 is 0 Å². The summed E-state index contributed by atoms with van der Waals surface area (Å²) in [5, 5.41) is 4.87. The fraction of sp³-hybridized carbons (Fsp3) is 0.133. The van der Waals surface area contributed by atoms with Crippen molar-refractivity contribution in [3.05, 3.63) is 62.1 Å². The Morgan fingerprint density at radius 2 is 1.68 bits per heavy atom. The van der Waals surface area contributed by atoms with Crippen molar-refractivity contribution in [3.8, 4) is 0 Å². The maximum atomic E-state index is 11.9. The van der Waals surface area contributed by atoms with Gasteiger partial charge in [0.25, 0.3) is 0 Å². The second kappa shape index (κ2) is 8.32. The van der Waals surface area contributed by atoms with E-state index in [2.05, 4.69) is 5.32 Å². The number of amides is 1. The number of thioether (sulfide) groups is 1. The van der Waals surface area contributed by atoms with Crippen LogP contribution in [0.25, 0.3) is 0 Å². The first kappa shape index (κ1) is 17.8. The summed E-state index contributed by atoms with van der Waals surface area (Å²) in [4.78, 5) is 11.9. The van der Waals surface area contributed by atoms with E-state index in [9.17, 15) is 4.79 Å². The van der Waals surface area contributed by atoms with E-state index in [4.69, 9.17) is 46.4 Å². The minimum Gasteiger partial charge on any atom is -0.324 e. The van der Waals surface area contributed by atoms with E-state index in [1.54, 1.807) is 36.4 Å². The number of hydrogen-bond acceptors (Lipinski definition) is 2. The first-order valence-electron chi connectivity index (χ1n) is 6.23. The molecule has 0 unspecified atom stereocenters. The number of carbonyl (C=O) groups is 1. The van der Waals surface area contributed by atoms with Crippen LogP contribution in [0.2, 0.25) is 20.1 Å². The van der Waals surface area contributed by atoms with Crippen LogP contribution >= 0.6 is 58.2 Å². The van der Waals surface area contributed by atoms with E-state index >= 15 is 0 Å². The lowest BCUT2D eigenvalue weighted by molar-refractivity contribution is -0.113. The van der Waals surface area contributed by atoms with Crippen molar-refractivity contribution in [2.75, 3.05) is 11.1 Å². The molecule has 0 aliphatic carbocycles. The minimum absolute atomic E-state index is 0.169. The third kappa shape index (κ3) is 4.97. The molecule has 2 aromatic carbocycles. The number of carbonyl (C=O) groups excluding carboxylic acids is 1. The van der Waals surface area contributed by atoms with Gasteiger partial charge in [0, 0.05) is 20.8 Å². The Hall–Kier alpha value is -0.580. The Labute approximate surface area is 153 Å². The predicted molar refractivity (Wildman–Crippen MR) is 97.7 cm³/mol. The Kier molecular flexibility index (Phi) is 6.72.